The van der Waals surface area contributed by atoms with E-state index >= 15 is 0 Å². The number of rotatable bonds is 6. The lowest BCUT2D eigenvalue weighted by molar-refractivity contribution is -0.118. The van der Waals surface area contributed by atoms with E-state index in [2.05, 4.69) is 27.8 Å². The number of hydrogen-bond acceptors (Lipinski definition) is 3. The third-order valence-corrected chi connectivity index (χ3v) is 4.22. The summed E-state index contributed by atoms with van der Waals surface area (Å²) in [6.45, 7) is 2.85. The molecule has 0 aliphatic heterocycles. The Morgan fingerprint density at radius 2 is 2.04 bits per heavy atom. The second-order valence-electron chi connectivity index (χ2n) is 5.75. The van der Waals surface area contributed by atoms with E-state index in [0.29, 0.717) is 6.42 Å². The zero-order chi connectivity index (χ0) is 16.4. The van der Waals surface area contributed by atoms with Crippen molar-refractivity contribution in [3.05, 3.63) is 36.2 Å². The molecule has 24 heavy (non-hydrogen) atoms. The van der Waals surface area contributed by atoms with Crippen LogP contribution in [0, 0.1) is 6.92 Å². The molecule has 0 bridgehead atoms. The Labute approximate surface area is 147 Å². The van der Waals surface area contributed by atoms with Gasteiger partial charge in [0.05, 0.1) is 23.8 Å². The van der Waals surface area contributed by atoms with Crippen molar-refractivity contribution in [3.63, 3.8) is 0 Å². The molecule has 0 aliphatic rings. The number of fused-ring (bicyclic) bond motifs is 3. The van der Waals surface area contributed by atoms with Crippen LogP contribution in [0.5, 0.6) is 5.75 Å². The molecule has 2 aromatic heterocycles. The van der Waals surface area contributed by atoms with Crippen molar-refractivity contribution in [2.75, 3.05) is 7.11 Å². The number of halogens is 1. The fourth-order valence-corrected chi connectivity index (χ4v) is 3.13. The maximum absolute atomic E-state index is 10.9. The van der Waals surface area contributed by atoms with Crippen molar-refractivity contribution < 1.29 is 9.53 Å². The van der Waals surface area contributed by atoms with E-state index in [4.69, 9.17) is 10.5 Å². The van der Waals surface area contributed by atoms with Crippen molar-refractivity contribution in [3.8, 4) is 5.75 Å². The van der Waals surface area contributed by atoms with Crippen LogP contribution in [0.4, 0.5) is 0 Å². The molecule has 0 radical (unpaired) electrons. The molecule has 3 rings (SSSR count). The summed E-state index contributed by atoms with van der Waals surface area (Å²) in [5.74, 6) is 0.594. The van der Waals surface area contributed by atoms with Gasteiger partial charge in [0.15, 0.2) is 0 Å². The molecule has 6 heteroatoms. The van der Waals surface area contributed by atoms with Crippen molar-refractivity contribution in [1.29, 1.82) is 0 Å². The summed E-state index contributed by atoms with van der Waals surface area (Å²) in [4.78, 5) is 15.3. The van der Waals surface area contributed by atoms with E-state index in [1.165, 1.54) is 10.8 Å². The highest BCUT2D eigenvalue weighted by Gasteiger charge is 2.13. The minimum Gasteiger partial charge on any atom is -0.497 e. The topological polar surface area (TPSA) is 70.1 Å². The number of benzene rings is 1. The van der Waals surface area contributed by atoms with E-state index in [1.807, 2.05) is 19.2 Å². The number of hydrogen-bond donors (Lipinski definition) is 1. The standard InChI is InChI=1S/C18H21N3O2.ClH/c1-12-18-15(8-9-20-12)14-7-6-13(23-2)11-16(14)21(18)10-4-3-5-17(19)22;/h6-9,11H,3-5,10H2,1-2H3,(H2,19,22);1H. The normalized spacial score (nSPS) is 10.8. The number of ether oxygens (including phenoxy) is 1. The average molecular weight is 348 g/mol. The molecular formula is C18H22ClN3O2. The van der Waals surface area contributed by atoms with Crippen molar-refractivity contribution in [1.82, 2.24) is 9.55 Å². The third-order valence-electron chi connectivity index (χ3n) is 4.22. The van der Waals surface area contributed by atoms with Gasteiger partial charge in [0.25, 0.3) is 0 Å². The Hall–Kier alpha value is -2.27. The van der Waals surface area contributed by atoms with Gasteiger partial charge in [-0.3, -0.25) is 9.78 Å². The van der Waals surface area contributed by atoms with Gasteiger partial charge in [-0.1, -0.05) is 0 Å². The summed E-state index contributed by atoms with van der Waals surface area (Å²) in [7, 11) is 1.67. The highest BCUT2D eigenvalue weighted by Crippen LogP contribution is 2.32. The number of pyridine rings is 1. The van der Waals surface area contributed by atoms with Crippen LogP contribution in [-0.2, 0) is 11.3 Å². The largest absolute Gasteiger partial charge is 0.497 e. The van der Waals surface area contributed by atoms with Crippen LogP contribution in [-0.4, -0.2) is 22.6 Å². The highest BCUT2D eigenvalue weighted by molar-refractivity contribution is 6.09. The van der Waals surface area contributed by atoms with Crippen molar-refractivity contribution in [2.45, 2.75) is 32.7 Å². The number of nitrogens with zero attached hydrogens (tertiary/aromatic N) is 2. The molecule has 0 atom stereocenters. The molecule has 5 nitrogen and oxygen atoms in total. The van der Waals surface area contributed by atoms with Gasteiger partial charge in [-0.15, -0.1) is 12.4 Å². The lowest BCUT2D eigenvalue weighted by Gasteiger charge is -2.09. The van der Waals surface area contributed by atoms with Gasteiger partial charge < -0.3 is 15.0 Å². The molecule has 3 aromatic rings. The Kier molecular flexibility index (Phi) is 5.67. The van der Waals surface area contributed by atoms with Crippen LogP contribution in [0.15, 0.2) is 30.5 Å². The quantitative estimate of drug-likeness (QED) is 0.693. The molecule has 128 valence electrons. The number of carbonyl (C=O) groups is 1. The molecular weight excluding hydrogens is 326 g/mol. The average Bonchev–Trinajstić information content (AvgIpc) is 2.86. The van der Waals surface area contributed by atoms with Crippen LogP contribution in [0.3, 0.4) is 0 Å². The zero-order valence-electron chi connectivity index (χ0n) is 13.9. The molecule has 0 saturated carbocycles. The van der Waals surface area contributed by atoms with E-state index in [9.17, 15) is 4.79 Å². The van der Waals surface area contributed by atoms with Gasteiger partial charge in [-0.2, -0.15) is 0 Å². The number of aryl methyl sites for hydroxylation is 2. The Balaban J connectivity index is 0.00000208. The van der Waals surface area contributed by atoms with Gasteiger partial charge in [0.1, 0.15) is 5.75 Å². The highest BCUT2D eigenvalue weighted by atomic mass is 35.5. The number of amides is 1. The minimum absolute atomic E-state index is 0. The fourth-order valence-electron chi connectivity index (χ4n) is 3.13. The van der Waals surface area contributed by atoms with Gasteiger partial charge in [-0.05, 0) is 38.0 Å². The summed E-state index contributed by atoms with van der Waals surface area (Å²) in [5.41, 5.74) is 8.51. The molecule has 2 heterocycles. The van der Waals surface area contributed by atoms with Crippen LogP contribution < -0.4 is 10.5 Å². The molecule has 0 spiro atoms. The Morgan fingerprint density at radius 3 is 2.75 bits per heavy atom. The van der Waals surface area contributed by atoms with Crippen LogP contribution in [0.2, 0.25) is 0 Å². The maximum Gasteiger partial charge on any atom is 0.217 e. The smallest absolute Gasteiger partial charge is 0.217 e. The summed E-state index contributed by atoms with van der Waals surface area (Å²) in [6.07, 6.45) is 3.96. The first-order chi connectivity index (χ1) is 11.1. The number of nitrogens with two attached hydrogens (primary N) is 1. The second kappa shape index (κ2) is 7.53. The van der Waals surface area contributed by atoms with Gasteiger partial charge in [-0.25, -0.2) is 0 Å². The van der Waals surface area contributed by atoms with Gasteiger partial charge in [0.2, 0.25) is 5.91 Å². The lowest BCUT2D eigenvalue weighted by atomic mass is 10.1. The molecule has 0 fully saturated rings. The third kappa shape index (κ3) is 3.31. The number of carbonyl (C=O) groups excluding carboxylic acids is 1. The Bertz CT molecular complexity index is 873. The number of primary amides is 1. The molecule has 0 saturated heterocycles. The Morgan fingerprint density at radius 1 is 1.25 bits per heavy atom. The molecule has 1 amide bonds. The van der Waals surface area contributed by atoms with E-state index in [1.54, 1.807) is 7.11 Å². The van der Waals surface area contributed by atoms with E-state index < -0.39 is 0 Å². The lowest BCUT2D eigenvalue weighted by Crippen LogP contribution is -2.10. The zero-order valence-corrected chi connectivity index (χ0v) is 14.7. The van der Waals surface area contributed by atoms with Crippen molar-refractivity contribution in [2.24, 2.45) is 5.73 Å². The molecule has 0 aliphatic carbocycles. The number of methoxy groups -OCH3 is 1. The minimum atomic E-state index is -0.244. The summed E-state index contributed by atoms with van der Waals surface area (Å²) >= 11 is 0. The van der Waals surface area contributed by atoms with Crippen molar-refractivity contribution >= 4 is 40.1 Å². The monoisotopic (exact) mass is 347 g/mol. The maximum atomic E-state index is 10.9. The van der Waals surface area contributed by atoms with Crippen LogP contribution >= 0.6 is 12.4 Å². The van der Waals surface area contributed by atoms with Crippen LogP contribution in [0.1, 0.15) is 25.0 Å². The van der Waals surface area contributed by atoms with E-state index in [0.717, 1.165) is 41.9 Å². The fraction of sp³-hybridized carbons (Fsp3) is 0.333. The SMILES string of the molecule is COc1ccc2c3ccnc(C)c3n(CCCCC(N)=O)c2c1.Cl. The molecule has 0 unspecified atom stereocenters. The molecule has 2 N–H and O–H groups in total. The number of unbranched alkanes of at least 4 members (excludes halogenated alkanes) is 1. The van der Waals surface area contributed by atoms with Gasteiger partial charge >= 0.3 is 0 Å². The predicted octanol–water partition coefficient (Wildman–Crippen LogP) is 3.58. The summed E-state index contributed by atoms with van der Waals surface area (Å²) < 4.78 is 7.64. The van der Waals surface area contributed by atoms with Gasteiger partial charge in [0, 0.05) is 36.0 Å². The first kappa shape index (κ1) is 18.1. The van der Waals surface area contributed by atoms with E-state index in [-0.39, 0.29) is 18.3 Å². The first-order valence-electron chi connectivity index (χ1n) is 7.81. The number of aromatic nitrogens is 2. The van der Waals surface area contributed by atoms with Crippen LogP contribution in [0.25, 0.3) is 21.8 Å². The summed E-state index contributed by atoms with van der Waals surface area (Å²) in [5, 5.41) is 2.39. The second-order valence-corrected chi connectivity index (χ2v) is 5.75. The predicted molar refractivity (Wildman–Crippen MR) is 98.8 cm³/mol. The summed E-state index contributed by atoms with van der Waals surface area (Å²) in [6, 6.07) is 8.19. The first-order valence-corrected chi connectivity index (χ1v) is 7.81. The molecule has 1 aromatic carbocycles.